The Morgan fingerprint density at radius 3 is 1.59 bits per heavy atom. The molecule has 0 spiro atoms. The van der Waals surface area contributed by atoms with E-state index in [2.05, 4.69) is 122 Å². The van der Waals surface area contributed by atoms with Crippen molar-refractivity contribution in [2.45, 2.75) is 13.3 Å². The Kier molecular flexibility index (Phi) is 5.15. The molecular weight excluding hydrogens is 448 g/mol. The SMILES string of the molecule is CCc1ccc(-c2ccc3ccc(-c4ccc(-c5ccc6oc7ccccc7c6c5)cc4)cc3c2)cc1. The van der Waals surface area contributed by atoms with Gasteiger partial charge in [0.05, 0.1) is 0 Å². The highest BCUT2D eigenvalue weighted by atomic mass is 16.3. The monoisotopic (exact) mass is 474 g/mol. The van der Waals surface area contributed by atoms with Crippen LogP contribution in [0.15, 0.2) is 132 Å². The topological polar surface area (TPSA) is 13.1 Å². The summed E-state index contributed by atoms with van der Waals surface area (Å²) in [5, 5.41) is 4.84. The molecule has 0 saturated carbocycles. The smallest absolute Gasteiger partial charge is 0.135 e. The number of fused-ring (bicyclic) bond motifs is 4. The highest BCUT2D eigenvalue weighted by Crippen LogP contribution is 2.34. The first-order valence-corrected chi connectivity index (χ1v) is 12.9. The Morgan fingerprint density at radius 2 is 0.946 bits per heavy atom. The van der Waals surface area contributed by atoms with E-state index < -0.39 is 0 Å². The largest absolute Gasteiger partial charge is 0.456 e. The Morgan fingerprint density at radius 1 is 0.432 bits per heavy atom. The second-order valence-electron chi connectivity index (χ2n) is 9.71. The van der Waals surface area contributed by atoms with E-state index >= 15 is 0 Å². The van der Waals surface area contributed by atoms with Crippen molar-refractivity contribution in [2.75, 3.05) is 0 Å². The molecule has 6 aromatic carbocycles. The molecule has 0 bridgehead atoms. The number of para-hydroxylation sites is 1. The average Bonchev–Trinajstić information content (AvgIpc) is 3.35. The second-order valence-corrected chi connectivity index (χ2v) is 9.71. The third kappa shape index (κ3) is 3.90. The summed E-state index contributed by atoms with van der Waals surface area (Å²) in [4.78, 5) is 0. The van der Waals surface area contributed by atoms with Gasteiger partial charge in [0.1, 0.15) is 11.2 Å². The molecule has 0 amide bonds. The summed E-state index contributed by atoms with van der Waals surface area (Å²) in [7, 11) is 0. The average molecular weight is 475 g/mol. The van der Waals surface area contributed by atoms with E-state index in [0.717, 1.165) is 28.4 Å². The van der Waals surface area contributed by atoms with E-state index in [9.17, 15) is 0 Å². The third-order valence-corrected chi connectivity index (χ3v) is 7.46. The van der Waals surface area contributed by atoms with Crippen LogP contribution in [0, 0.1) is 0 Å². The minimum absolute atomic E-state index is 0.929. The van der Waals surface area contributed by atoms with Crippen LogP contribution < -0.4 is 0 Å². The van der Waals surface area contributed by atoms with Crippen molar-refractivity contribution < 1.29 is 4.42 Å². The predicted octanol–water partition coefficient (Wildman–Crippen LogP) is 10.3. The molecule has 0 aliphatic heterocycles. The maximum atomic E-state index is 6.00. The molecule has 1 heteroatoms. The van der Waals surface area contributed by atoms with E-state index in [0.29, 0.717) is 0 Å². The third-order valence-electron chi connectivity index (χ3n) is 7.46. The van der Waals surface area contributed by atoms with Crippen LogP contribution in [0.2, 0.25) is 0 Å². The first-order chi connectivity index (χ1) is 18.2. The zero-order chi connectivity index (χ0) is 24.8. The second kappa shape index (κ2) is 8.80. The molecule has 7 rings (SSSR count). The van der Waals surface area contributed by atoms with Crippen LogP contribution >= 0.6 is 0 Å². The van der Waals surface area contributed by atoms with Gasteiger partial charge in [-0.1, -0.05) is 104 Å². The van der Waals surface area contributed by atoms with Crippen LogP contribution in [-0.4, -0.2) is 0 Å². The molecule has 1 nitrogen and oxygen atoms in total. The van der Waals surface area contributed by atoms with Crippen molar-refractivity contribution in [3.05, 3.63) is 133 Å². The molecule has 0 unspecified atom stereocenters. The van der Waals surface area contributed by atoms with Crippen molar-refractivity contribution >= 4 is 32.7 Å². The number of furan rings is 1. The van der Waals surface area contributed by atoms with Gasteiger partial charge in [-0.25, -0.2) is 0 Å². The van der Waals surface area contributed by atoms with E-state index in [1.165, 1.54) is 49.7 Å². The number of benzene rings is 6. The fourth-order valence-electron chi connectivity index (χ4n) is 5.30. The highest BCUT2D eigenvalue weighted by molar-refractivity contribution is 6.06. The molecule has 1 heterocycles. The predicted molar refractivity (Wildman–Crippen MR) is 157 cm³/mol. The number of hydrogen-bond donors (Lipinski definition) is 0. The summed E-state index contributed by atoms with van der Waals surface area (Å²) < 4.78 is 6.00. The Labute approximate surface area is 216 Å². The zero-order valence-electron chi connectivity index (χ0n) is 20.7. The number of hydrogen-bond acceptors (Lipinski definition) is 1. The minimum Gasteiger partial charge on any atom is -0.456 e. The van der Waals surface area contributed by atoms with Crippen LogP contribution in [0.25, 0.3) is 66.1 Å². The number of aryl methyl sites for hydroxylation is 1. The molecule has 0 aliphatic carbocycles. The van der Waals surface area contributed by atoms with E-state index in [1.54, 1.807) is 0 Å². The van der Waals surface area contributed by atoms with Crippen LogP contribution in [-0.2, 0) is 6.42 Å². The molecule has 0 atom stereocenters. The van der Waals surface area contributed by atoms with Gasteiger partial charge >= 0.3 is 0 Å². The Bertz CT molecular complexity index is 1890. The van der Waals surface area contributed by atoms with Gasteiger partial charge in [-0.2, -0.15) is 0 Å². The molecule has 0 aliphatic rings. The maximum absolute atomic E-state index is 6.00. The summed E-state index contributed by atoms with van der Waals surface area (Å²) in [6.45, 7) is 2.19. The van der Waals surface area contributed by atoms with Crippen molar-refractivity contribution in [1.82, 2.24) is 0 Å². The van der Waals surface area contributed by atoms with Crippen LogP contribution in [0.5, 0.6) is 0 Å². The van der Waals surface area contributed by atoms with Gasteiger partial charge < -0.3 is 4.42 Å². The first-order valence-electron chi connectivity index (χ1n) is 12.9. The van der Waals surface area contributed by atoms with Crippen LogP contribution in [0.3, 0.4) is 0 Å². The van der Waals surface area contributed by atoms with Crippen molar-refractivity contribution in [3.8, 4) is 33.4 Å². The van der Waals surface area contributed by atoms with E-state index in [4.69, 9.17) is 4.42 Å². The van der Waals surface area contributed by atoms with Crippen molar-refractivity contribution in [3.63, 3.8) is 0 Å². The maximum Gasteiger partial charge on any atom is 0.135 e. The van der Waals surface area contributed by atoms with Gasteiger partial charge in [-0.05, 0) is 86.5 Å². The lowest BCUT2D eigenvalue weighted by Gasteiger charge is -2.09. The van der Waals surface area contributed by atoms with Gasteiger partial charge in [0.25, 0.3) is 0 Å². The molecule has 0 radical (unpaired) electrons. The highest BCUT2D eigenvalue weighted by Gasteiger charge is 2.09. The van der Waals surface area contributed by atoms with E-state index in [1.807, 2.05) is 12.1 Å². The van der Waals surface area contributed by atoms with E-state index in [-0.39, 0.29) is 0 Å². The molecule has 37 heavy (non-hydrogen) atoms. The molecule has 0 fully saturated rings. The lowest BCUT2D eigenvalue weighted by molar-refractivity contribution is 0.669. The van der Waals surface area contributed by atoms with Gasteiger partial charge in [0.2, 0.25) is 0 Å². The van der Waals surface area contributed by atoms with Crippen LogP contribution in [0.4, 0.5) is 0 Å². The standard InChI is InChI=1S/C36H26O/c1-2-24-7-9-25(10-8-24)29-17-15-28-16-18-30(22-32(28)21-29)26-11-13-27(14-12-26)31-19-20-36-34(23-31)33-5-3-4-6-35(33)37-36/h3-23H,2H2,1H3. The summed E-state index contributed by atoms with van der Waals surface area (Å²) in [5.41, 5.74) is 10.6. The fraction of sp³-hybridized carbons (Fsp3) is 0.0556. The zero-order valence-corrected chi connectivity index (χ0v) is 20.7. The van der Waals surface area contributed by atoms with Gasteiger partial charge in [-0.3, -0.25) is 0 Å². The lowest BCUT2D eigenvalue weighted by Crippen LogP contribution is -1.84. The van der Waals surface area contributed by atoms with Gasteiger partial charge in [-0.15, -0.1) is 0 Å². The van der Waals surface area contributed by atoms with Gasteiger partial charge in [0.15, 0.2) is 0 Å². The van der Waals surface area contributed by atoms with Gasteiger partial charge in [0, 0.05) is 10.8 Å². The molecular formula is C36H26O. The van der Waals surface area contributed by atoms with Crippen LogP contribution in [0.1, 0.15) is 12.5 Å². The minimum atomic E-state index is 0.929. The summed E-state index contributed by atoms with van der Waals surface area (Å²) in [5.74, 6) is 0. The molecule has 176 valence electrons. The van der Waals surface area contributed by atoms with Crippen molar-refractivity contribution in [1.29, 1.82) is 0 Å². The number of rotatable bonds is 4. The normalized spacial score (nSPS) is 11.5. The molecule has 0 saturated heterocycles. The molecule has 1 aromatic heterocycles. The molecule has 7 aromatic rings. The fourth-order valence-corrected chi connectivity index (χ4v) is 5.30. The quantitative estimate of drug-likeness (QED) is 0.247. The molecule has 0 N–H and O–H groups in total. The Hall–Kier alpha value is -4.62. The summed E-state index contributed by atoms with van der Waals surface area (Å²) >= 11 is 0. The lowest BCUT2D eigenvalue weighted by atomic mass is 9.96. The summed E-state index contributed by atoms with van der Waals surface area (Å²) in [6.07, 6.45) is 1.06. The van der Waals surface area contributed by atoms with Crippen molar-refractivity contribution in [2.24, 2.45) is 0 Å². The Balaban J connectivity index is 1.22. The summed E-state index contributed by atoms with van der Waals surface area (Å²) in [6, 6.07) is 46.0. The first kappa shape index (κ1) is 21.6.